The van der Waals surface area contributed by atoms with Gasteiger partial charge in [0.15, 0.2) is 0 Å². The van der Waals surface area contributed by atoms with E-state index < -0.39 is 17.4 Å². The SMILES string of the molecule is CC(C)(C)c1ccc(-c2[c-]cc(C(=O)O)cc2F)nc1.CC(C)c1cccc(C(C)C)c1-n1c(-c2[c-]ccc3c2oc2cc(-c4ccc(C(C)(C)O)cc4)ccc23)nc2ccccc21.[Ir]. The number of fused-ring (bicyclic) bond motifs is 4. The Balaban J connectivity index is 0.000000253. The van der Waals surface area contributed by atoms with Crippen LogP contribution in [0.4, 0.5) is 4.39 Å². The molecule has 65 heavy (non-hydrogen) atoms. The molecule has 0 saturated heterocycles. The quantitative estimate of drug-likeness (QED) is 0.147. The maximum Gasteiger partial charge on any atom is 0.292 e. The van der Waals surface area contributed by atoms with Gasteiger partial charge in [0, 0.05) is 43.2 Å². The minimum absolute atomic E-state index is 0. The van der Waals surface area contributed by atoms with Crippen molar-refractivity contribution in [2.75, 3.05) is 0 Å². The summed E-state index contributed by atoms with van der Waals surface area (Å²) in [6.45, 7) is 18.8. The number of halogens is 1. The number of aliphatic hydroxyl groups is 1. The van der Waals surface area contributed by atoms with Crippen LogP contribution in [0, 0.1) is 17.9 Å². The van der Waals surface area contributed by atoms with Crippen LogP contribution in [0.2, 0.25) is 0 Å². The number of benzene rings is 6. The zero-order valence-electron chi connectivity index (χ0n) is 38.0. The van der Waals surface area contributed by atoms with Gasteiger partial charge in [-0.2, -0.15) is 0 Å². The number of carboxylic acids is 1. The summed E-state index contributed by atoms with van der Waals surface area (Å²) >= 11 is 0. The Labute approximate surface area is 393 Å². The monoisotopic (exact) mass is 1040 g/mol. The average Bonchev–Trinajstić information content (AvgIpc) is 3.84. The molecule has 333 valence electrons. The first kappa shape index (κ1) is 46.7. The van der Waals surface area contributed by atoms with Crippen LogP contribution in [0.3, 0.4) is 0 Å². The molecule has 0 amide bonds. The van der Waals surface area contributed by atoms with Gasteiger partial charge in [0.25, 0.3) is 5.97 Å². The largest absolute Gasteiger partial charge is 0.501 e. The number of carboxylic acid groups (broad SMARTS) is 1. The van der Waals surface area contributed by atoms with Gasteiger partial charge in [-0.25, -0.2) is 0 Å². The van der Waals surface area contributed by atoms with Gasteiger partial charge in [-0.05, 0) is 93.9 Å². The number of imidazole rings is 1. The third-order valence-corrected chi connectivity index (χ3v) is 11.7. The number of hydrogen-bond donors (Lipinski definition) is 2. The molecule has 9 heteroatoms. The fourth-order valence-corrected chi connectivity index (χ4v) is 8.12. The molecule has 6 aromatic carbocycles. The summed E-state index contributed by atoms with van der Waals surface area (Å²) in [5.41, 5.74) is 11.9. The van der Waals surface area contributed by atoms with Crippen molar-refractivity contribution >= 4 is 38.9 Å². The number of hydrogen-bond acceptors (Lipinski definition) is 5. The van der Waals surface area contributed by atoms with Crippen molar-refractivity contribution in [1.82, 2.24) is 14.5 Å². The van der Waals surface area contributed by atoms with Gasteiger partial charge in [0.1, 0.15) is 5.58 Å². The van der Waals surface area contributed by atoms with E-state index in [-0.39, 0.29) is 36.6 Å². The Morgan fingerprint density at radius 2 is 1.42 bits per heavy atom. The Morgan fingerprint density at radius 1 is 0.754 bits per heavy atom. The molecular weight excluding hydrogens is 990 g/mol. The third-order valence-electron chi connectivity index (χ3n) is 11.7. The molecule has 0 aliphatic carbocycles. The second-order valence-electron chi connectivity index (χ2n) is 18.5. The second-order valence-corrected chi connectivity index (χ2v) is 18.5. The number of aromatic nitrogens is 3. The third kappa shape index (κ3) is 9.32. The van der Waals surface area contributed by atoms with Crippen LogP contribution in [0.1, 0.15) is 107 Å². The van der Waals surface area contributed by atoms with Gasteiger partial charge in [0.05, 0.1) is 28.0 Å². The van der Waals surface area contributed by atoms with Crippen LogP contribution in [0.25, 0.3) is 72.4 Å². The van der Waals surface area contributed by atoms with E-state index in [2.05, 4.69) is 143 Å². The summed E-state index contributed by atoms with van der Waals surface area (Å²) in [6, 6.07) is 45.5. The number of aromatic carboxylic acids is 1. The molecular formula is C56H52FIrN3O4-2. The van der Waals surface area contributed by atoms with Crippen LogP contribution >= 0.6 is 0 Å². The van der Waals surface area contributed by atoms with Crippen LogP contribution in [-0.4, -0.2) is 30.7 Å². The first-order valence-electron chi connectivity index (χ1n) is 21.6. The number of carbonyl (C=O) groups is 1. The van der Waals surface area contributed by atoms with Crippen LogP contribution in [0.5, 0.6) is 0 Å². The number of para-hydroxylation sites is 3. The van der Waals surface area contributed by atoms with Gasteiger partial charge in [-0.15, -0.1) is 30.3 Å². The van der Waals surface area contributed by atoms with Gasteiger partial charge < -0.3 is 24.2 Å². The van der Waals surface area contributed by atoms with Crippen molar-refractivity contribution in [2.24, 2.45) is 0 Å². The average molecular weight is 1040 g/mol. The molecule has 0 atom stereocenters. The molecule has 9 rings (SSSR count). The predicted octanol–water partition coefficient (Wildman–Crippen LogP) is 14.2. The first-order valence-corrected chi connectivity index (χ1v) is 21.6. The normalized spacial score (nSPS) is 11.9. The Morgan fingerprint density at radius 3 is 2.02 bits per heavy atom. The maximum absolute atomic E-state index is 13.9. The van der Waals surface area contributed by atoms with E-state index in [1.165, 1.54) is 22.9 Å². The molecule has 0 spiro atoms. The topological polar surface area (TPSA) is 101 Å². The Hall–Kier alpha value is -6.25. The van der Waals surface area contributed by atoms with Crippen molar-refractivity contribution < 1.29 is 43.9 Å². The first-order chi connectivity index (χ1) is 30.4. The van der Waals surface area contributed by atoms with Crippen molar-refractivity contribution in [3.8, 4) is 39.5 Å². The minimum atomic E-state index is -1.18. The van der Waals surface area contributed by atoms with E-state index in [9.17, 15) is 14.3 Å². The standard InChI is InChI=1S/C40H37N2O2.C16H15FNO2.Ir/c1-24(2)29-11-9-12-30(25(3)4)37(29)42-35-16-8-7-15-34(35)41-39(42)33-14-10-13-32-31-22-19-27(23-36(31)44-38(32)33)26-17-20-28(21-18-26)40(5,6)43;1-16(2,3)11-5-7-14(18-9-11)12-6-4-10(15(19)20)8-13(12)17;/h7-13,15-25,43H,1-6H3;4-5,7-9H,1-3H3,(H,19,20);/q2*-1;. The summed E-state index contributed by atoms with van der Waals surface area (Å²) in [6.07, 6.45) is 1.70. The molecule has 9 aromatic rings. The van der Waals surface area contributed by atoms with E-state index >= 15 is 0 Å². The molecule has 0 unspecified atom stereocenters. The number of nitrogens with zero attached hydrogens (tertiary/aromatic N) is 3. The van der Waals surface area contributed by atoms with E-state index in [4.69, 9.17) is 14.5 Å². The van der Waals surface area contributed by atoms with Gasteiger partial charge in [-0.3, -0.25) is 14.2 Å². The van der Waals surface area contributed by atoms with Crippen molar-refractivity contribution in [3.05, 3.63) is 173 Å². The molecule has 3 heterocycles. The van der Waals surface area contributed by atoms with Gasteiger partial charge in [0.2, 0.25) is 0 Å². The minimum Gasteiger partial charge on any atom is -0.501 e. The van der Waals surface area contributed by atoms with E-state index in [0.29, 0.717) is 17.5 Å². The molecule has 0 aliphatic rings. The number of rotatable bonds is 8. The zero-order chi connectivity index (χ0) is 45.7. The summed E-state index contributed by atoms with van der Waals surface area (Å²) < 4.78 is 22.9. The molecule has 3 aromatic heterocycles. The van der Waals surface area contributed by atoms with Crippen molar-refractivity contribution in [3.63, 3.8) is 0 Å². The fourth-order valence-electron chi connectivity index (χ4n) is 8.12. The smallest absolute Gasteiger partial charge is 0.292 e. The van der Waals surface area contributed by atoms with Crippen LogP contribution in [-0.2, 0) is 31.1 Å². The summed E-state index contributed by atoms with van der Waals surface area (Å²) in [4.78, 5) is 20.2. The van der Waals surface area contributed by atoms with Gasteiger partial charge >= 0.3 is 0 Å². The molecule has 2 N–H and O–H groups in total. The predicted molar refractivity (Wildman–Crippen MR) is 256 cm³/mol. The molecule has 0 bridgehead atoms. The maximum atomic E-state index is 13.9. The van der Waals surface area contributed by atoms with Crippen LogP contribution < -0.4 is 0 Å². The van der Waals surface area contributed by atoms with Crippen molar-refractivity contribution in [2.45, 2.75) is 85.2 Å². The number of pyridine rings is 1. The van der Waals surface area contributed by atoms with E-state index in [1.807, 2.05) is 30.3 Å². The molecule has 0 fully saturated rings. The molecule has 0 aliphatic heterocycles. The zero-order valence-corrected chi connectivity index (χ0v) is 40.4. The number of furan rings is 1. The van der Waals surface area contributed by atoms with Crippen LogP contribution in [0.15, 0.2) is 132 Å². The summed E-state index contributed by atoms with van der Waals surface area (Å²) in [5.74, 6) is -0.323. The molecule has 0 saturated carbocycles. The molecule has 1 radical (unpaired) electrons. The summed E-state index contributed by atoms with van der Waals surface area (Å²) in [5, 5.41) is 21.3. The van der Waals surface area contributed by atoms with Crippen molar-refractivity contribution in [1.29, 1.82) is 0 Å². The van der Waals surface area contributed by atoms with E-state index in [1.54, 1.807) is 26.1 Å². The molecule has 7 nitrogen and oxygen atoms in total. The second kappa shape index (κ2) is 18.3. The fraction of sp³-hybridized carbons (Fsp3) is 0.232. The Bertz CT molecular complexity index is 3140. The van der Waals surface area contributed by atoms with E-state index in [0.717, 1.165) is 72.7 Å². The van der Waals surface area contributed by atoms with Gasteiger partial charge in [-0.1, -0.05) is 150 Å². The Kier molecular flexibility index (Phi) is 13.2. The summed E-state index contributed by atoms with van der Waals surface area (Å²) in [7, 11) is 0.